The third kappa shape index (κ3) is 3.51. The van der Waals surface area contributed by atoms with Crippen molar-refractivity contribution in [2.24, 2.45) is 0 Å². The Labute approximate surface area is 151 Å². The van der Waals surface area contributed by atoms with Gasteiger partial charge in [-0.1, -0.05) is 6.07 Å². The van der Waals surface area contributed by atoms with Gasteiger partial charge in [0, 0.05) is 37.8 Å². The second-order valence-electron chi connectivity index (χ2n) is 6.01. The molecule has 3 heterocycles. The zero-order valence-corrected chi connectivity index (χ0v) is 14.9. The fourth-order valence-electron chi connectivity index (χ4n) is 2.82. The Morgan fingerprint density at radius 1 is 1.12 bits per heavy atom. The van der Waals surface area contributed by atoms with E-state index in [1.165, 1.54) is 12.1 Å². The van der Waals surface area contributed by atoms with Crippen molar-refractivity contribution in [2.75, 3.05) is 19.8 Å². The van der Waals surface area contributed by atoms with Crippen molar-refractivity contribution in [1.82, 2.24) is 14.1 Å². The van der Waals surface area contributed by atoms with Crippen LogP contribution in [-0.4, -0.2) is 37.6 Å². The van der Waals surface area contributed by atoms with Crippen LogP contribution in [0.1, 0.15) is 12.1 Å². The molecular formula is C18H19N3O4S. The number of benzene rings is 1. The van der Waals surface area contributed by atoms with E-state index in [-0.39, 0.29) is 11.4 Å². The summed E-state index contributed by atoms with van der Waals surface area (Å²) in [6, 6.07) is 10.4. The smallest absolute Gasteiger partial charge is 0.240 e. The van der Waals surface area contributed by atoms with Crippen molar-refractivity contribution < 1.29 is 17.9 Å². The summed E-state index contributed by atoms with van der Waals surface area (Å²) >= 11 is 0. The fraction of sp³-hybridized carbons (Fsp3) is 0.278. The number of aromatic nitrogens is 2. The molecule has 0 spiro atoms. The predicted molar refractivity (Wildman–Crippen MR) is 96.1 cm³/mol. The van der Waals surface area contributed by atoms with E-state index in [4.69, 9.17) is 9.47 Å². The molecule has 7 nitrogen and oxygen atoms in total. The molecule has 1 N–H and O–H groups in total. The first-order valence-electron chi connectivity index (χ1n) is 8.44. The van der Waals surface area contributed by atoms with Gasteiger partial charge >= 0.3 is 0 Å². The van der Waals surface area contributed by atoms with E-state index in [1.807, 2.05) is 35.0 Å². The van der Waals surface area contributed by atoms with Crippen molar-refractivity contribution in [1.29, 1.82) is 0 Å². The van der Waals surface area contributed by atoms with Gasteiger partial charge in [-0.2, -0.15) is 0 Å². The van der Waals surface area contributed by atoms with Crippen molar-refractivity contribution in [3.8, 4) is 11.5 Å². The summed E-state index contributed by atoms with van der Waals surface area (Å²) in [7, 11) is -3.63. The van der Waals surface area contributed by atoms with E-state index in [0.717, 1.165) is 17.8 Å². The summed E-state index contributed by atoms with van der Waals surface area (Å²) in [5.74, 6) is 1.04. The van der Waals surface area contributed by atoms with Crippen LogP contribution in [0.5, 0.6) is 11.5 Å². The summed E-state index contributed by atoms with van der Waals surface area (Å²) in [6.45, 7) is 1.34. The number of ether oxygens (including phenoxy) is 2. The van der Waals surface area contributed by atoms with Gasteiger partial charge in [0.1, 0.15) is 5.65 Å². The molecule has 0 bridgehead atoms. The number of imidazole rings is 1. The summed E-state index contributed by atoms with van der Waals surface area (Å²) in [4.78, 5) is 4.63. The topological polar surface area (TPSA) is 81.9 Å². The molecule has 0 saturated heterocycles. The molecule has 0 amide bonds. The van der Waals surface area contributed by atoms with Crippen LogP contribution in [0.4, 0.5) is 0 Å². The van der Waals surface area contributed by atoms with Crippen molar-refractivity contribution in [3.63, 3.8) is 0 Å². The monoisotopic (exact) mass is 373 g/mol. The SMILES string of the molecule is O=S(=O)(NCCc1cn2ccccc2n1)c1ccc2c(c1)OCCCO2. The standard InChI is InChI=1S/C18H19N3O4S/c22-26(23,15-5-6-16-17(12-15)25-11-3-10-24-16)19-8-7-14-13-21-9-2-1-4-18(21)20-14/h1-2,4-6,9,12-13,19H,3,7-8,10-11H2. The van der Waals surface area contributed by atoms with Gasteiger partial charge < -0.3 is 13.9 Å². The third-order valence-corrected chi connectivity index (χ3v) is 5.58. The van der Waals surface area contributed by atoms with Gasteiger partial charge in [-0.05, 0) is 24.3 Å². The van der Waals surface area contributed by atoms with Crippen LogP contribution in [0.25, 0.3) is 5.65 Å². The molecule has 0 aliphatic carbocycles. The highest BCUT2D eigenvalue weighted by Gasteiger charge is 2.18. The summed E-state index contributed by atoms with van der Waals surface area (Å²) in [5, 5.41) is 0. The minimum Gasteiger partial charge on any atom is -0.490 e. The second kappa shape index (κ2) is 6.97. The highest BCUT2D eigenvalue weighted by atomic mass is 32.2. The van der Waals surface area contributed by atoms with E-state index in [9.17, 15) is 8.42 Å². The van der Waals surface area contributed by atoms with Crippen LogP contribution in [0, 0.1) is 0 Å². The summed E-state index contributed by atoms with van der Waals surface area (Å²) in [5.41, 5.74) is 1.67. The summed E-state index contributed by atoms with van der Waals surface area (Å²) < 4.78 is 40.7. The highest BCUT2D eigenvalue weighted by Crippen LogP contribution is 2.31. The molecule has 1 aliphatic heterocycles. The molecule has 0 unspecified atom stereocenters. The number of hydrogen-bond acceptors (Lipinski definition) is 5. The number of fused-ring (bicyclic) bond motifs is 2. The fourth-order valence-corrected chi connectivity index (χ4v) is 3.86. The molecular weight excluding hydrogens is 354 g/mol. The van der Waals surface area contributed by atoms with E-state index >= 15 is 0 Å². The first-order valence-corrected chi connectivity index (χ1v) is 9.92. The maximum atomic E-state index is 12.5. The van der Waals surface area contributed by atoms with Crippen LogP contribution in [-0.2, 0) is 16.4 Å². The molecule has 136 valence electrons. The number of sulfonamides is 1. The van der Waals surface area contributed by atoms with E-state index in [1.54, 1.807) is 6.07 Å². The second-order valence-corrected chi connectivity index (χ2v) is 7.77. The Morgan fingerprint density at radius 2 is 1.96 bits per heavy atom. The molecule has 4 rings (SSSR count). The Morgan fingerprint density at radius 3 is 2.81 bits per heavy atom. The quantitative estimate of drug-likeness (QED) is 0.740. The predicted octanol–water partition coefficient (Wildman–Crippen LogP) is 2.02. The average Bonchev–Trinajstić information content (AvgIpc) is 2.89. The Bertz CT molecular complexity index is 997. The van der Waals surface area contributed by atoms with Crippen LogP contribution in [0.3, 0.4) is 0 Å². The molecule has 1 aliphatic rings. The largest absolute Gasteiger partial charge is 0.490 e. The number of hydrogen-bond donors (Lipinski definition) is 1. The zero-order chi connectivity index (χ0) is 18.0. The first-order chi connectivity index (χ1) is 12.6. The number of nitrogens with one attached hydrogen (secondary N) is 1. The number of pyridine rings is 1. The van der Waals surface area contributed by atoms with E-state index < -0.39 is 10.0 Å². The van der Waals surface area contributed by atoms with Gasteiger partial charge in [0.2, 0.25) is 10.0 Å². The maximum Gasteiger partial charge on any atom is 0.240 e. The molecule has 0 saturated carbocycles. The van der Waals surface area contributed by atoms with Crippen LogP contribution in [0.2, 0.25) is 0 Å². The number of nitrogens with zero attached hydrogens (tertiary/aromatic N) is 2. The Hall–Kier alpha value is -2.58. The lowest BCUT2D eigenvalue weighted by molar-refractivity contribution is 0.297. The lowest BCUT2D eigenvalue weighted by Crippen LogP contribution is -2.26. The molecule has 2 aromatic heterocycles. The molecule has 0 atom stereocenters. The third-order valence-electron chi connectivity index (χ3n) is 4.12. The van der Waals surface area contributed by atoms with Crippen molar-refractivity contribution >= 4 is 15.7 Å². The van der Waals surface area contributed by atoms with Crippen molar-refractivity contribution in [3.05, 3.63) is 54.5 Å². The van der Waals surface area contributed by atoms with Crippen LogP contribution < -0.4 is 14.2 Å². The Kier molecular flexibility index (Phi) is 4.52. The lowest BCUT2D eigenvalue weighted by Gasteiger charge is -2.10. The van der Waals surface area contributed by atoms with Gasteiger partial charge in [-0.25, -0.2) is 18.1 Å². The van der Waals surface area contributed by atoms with Gasteiger partial charge in [0.25, 0.3) is 0 Å². The molecule has 0 radical (unpaired) electrons. The normalized spacial score (nSPS) is 14.3. The van der Waals surface area contributed by atoms with Gasteiger partial charge in [0.15, 0.2) is 11.5 Å². The van der Waals surface area contributed by atoms with Crippen molar-refractivity contribution in [2.45, 2.75) is 17.7 Å². The minimum atomic E-state index is -3.63. The molecule has 0 fully saturated rings. The van der Waals surface area contributed by atoms with E-state index in [2.05, 4.69) is 9.71 Å². The first kappa shape index (κ1) is 16.9. The summed E-state index contributed by atoms with van der Waals surface area (Å²) in [6.07, 6.45) is 5.09. The Balaban J connectivity index is 1.44. The molecule has 3 aromatic rings. The van der Waals surface area contributed by atoms with E-state index in [0.29, 0.717) is 31.1 Å². The highest BCUT2D eigenvalue weighted by molar-refractivity contribution is 7.89. The lowest BCUT2D eigenvalue weighted by atomic mass is 10.3. The molecule has 1 aromatic carbocycles. The van der Waals surface area contributed by atoms with Gasteiger partial charge in [0.05, 0.1) is 23.8 Å². The van der Waals surface area contributed by atoms with Crippen LogP contribution in [0.15, 0.2) is 53.7 Å². The van der Waals surface area contributed by atoms with Gasteiger partial charge in [-0.15, -0.1) is 0 Å². The minimum absolute atomic E-state index is 0.164. The molecule has 8 heteroatoms. The maximum absolute atomic E-state index is 12.5. The molecule has 26 heavy (non-hydrogen) atoms. The average molecular weight is 373 g/mol. The zero-order valence-electron chi connectivity index (χ0n) is 14.1. The number of rotatable bonds is 5. The van der Waals surface area contributed by atoms with Crippen LogP contribution >= 0.6 is 0 Å². The van der Waals surface area contributed by atoms with Gasteiger partial charge in [-0.3, -0.25) is 0 Å².